The summed E-state index contributed by atoms with van der Waals surface area (Å²) in [5, 5.41) is 19.4. The first-order valence-electron chi connectivity index (χ1n) is 11.0. The third-order valence-electron chi connectivity index (χ3n) is 6.65. The fourth-order valence-corrected chi connectivity index (χ4v) is 4.92. The van der Waals surface area contributed by atoms with Crippen molar-refractivity contribution in [1.82, 2.24) is 14.9 Å². The van der Waals surface area contributed by atoms with E-state index in [9.17, 15) is 14.7 Å². The second-order valence-electron chi connectivity index (χ2n) is 8.78. The van der Waals surface area contributed by atoms with Crippen molar-refractivity contribution >= 4 is 22.9 Å². The van der Waals surface area contributed by atoms with E-state index < -0.39 is 12.0 Å². The fraction of sp³-hybridized carbons (Fsp3) is 0.360. The minimum Gasteiger partial charge on any atom is -0.496 e. The van der Waals surface area contributed by atoms with Crippen LogP contribution in [0.1, 0.15) is 52.9 Å². The molecule has 1 fully saturated rings. The maximum atomic E-state index is 11.7. The number of carbonyl (C=O) groups is 2. The summed E-state index contributed by atoms with van der Waals surface area (Å²) in [6.07, 6.45) is 2.61. The highest BCUT2D eigenvalue weighted by Crippen LogP contribution is 2.39. The van der Waals surface area contributed by atoms with Gasteiger partial charge >= 0.3 is 6.09 Å². The predicted octanol–water partition coefficient (Wildman–Crippen LogP) is 4.58. The molecule has 3 aromatic rings. The monoisotopic (exact) mass is 451 g/mol. The first kappa shape index (κ1) is 22.8. The number of hydrogen-bond donors (Lipinski definition) is 3. The van der Waals surface area contributed by atoms with Gasteiger partial charge in [-0.15, -0.1) is 0 Å². The number of piperidine rings is 1. The molecule has 2 unspecified atom stereocenters. The van der Waals surface area contributed by atoms with Gasteiger partial charge in [0.05, 0.1) is 12.6 Å². The maximum Gasteiger partial charge on any atom is 0.416 e. The third-order valence-corrected chi connectivity index (χ3v) is 6.65. The number of benzene rings is 2. The van der Waals surface area contributed by atoms with E-state index in [4.69, 9.17) is 9.94 Å². The number of ether oxygens (including phenoxy) is 1. The number of carbonyl (C=O) groups excluding carboxylic acids is 1. The van der Waals surface area contributed by atoms with Crippen molar-refractivity contribution in [2.75, 3.05) is 13.7 Å². The second-order valence-corrected chi connectivity index (χ2v) is 8.78. The van der Waals surface area contributed by atoms with Crippen molar-refractivity contribution in [3.05, 3.63) is 64.8 Å². The molecule has 2 aromatic carbocycles. The summed E-state index contributed by atoms with van der Waals surface area (Å²) in [6.45, 7) is 5.64. The van der Waals surface area contributed by atoms with Gasteiger partial charge in [0.25, 0.3) is 5.91 Å². The zero-order valence-electron chi connectivity index (χ0n) is 19.0. The Balaban J connectivity index is 1.73. The number of methoxy groups -OCH3 is 1. The molecule has 0 aliphatic carbocycles. The van der Waals surface area contributed by atoms with Gasteiger partial charge in [-0.3, -0.25) is 19.5 Å². The van der Waals surface area contributed by atoms with Gasteiger partial charge in [0.2, 0.25) is 0 Å². The summed E-state index contributed by atoms with van der Waals surface area (Å²) in [5.41, 5.74) is 5.65. The number of likely N-dealkylation sites (tertiary alicyclic amines) is 1. The molecule has 4 rings (SSSR count). The Morgan fingerprint density at radius 2 is 1.94 bits per heavy atom. The first-order valence-corrected chi connectivity index (χ1v) is 11.0. The van der Waals surface area contributed by atoms with E-state index in [0.29, 0.717) is 23.5 Å². The molecule has 1 aliphatic heterocycles. The van der Waals surface area contributed by atoms with E-state index in [1.807, 2.05) is 31.2 Å². The zero-order chi connectivity index (χ0) is 23.7. The summed E-state index contributed by atoms with van der Waals surface area (Å²) in [6, 6.07) is 11.2. The zero-order valence-corrected chi connectivity index (χ0v) is 19.0. The van der Waals surface area contributed by atoms with Crippen LogP contribution in [0, 0.1) is 12.8 Å². The lowest BCUT2D eigenvalue weighted by Gasteiger charge is -2.39. The largest absolute Gasteiger partial charge is 0.496 e. The Kier molecular flexibility index (Phi) is 6.40. The lowest BCUT2D eigenvalue weighted by atomic mass is 9.87. The Labute approximate surface area is 192 Å². The van der Waals surface area contributed by atoms with Crippen molar-refractivity contribution in [1.29, 1.82) is 0 Å². The highest BCUT2D eigenvalue weighted by Gasteiger charge is 2.29. The molecule has 0 radical (unpaired) electrons. The molecule has 2 heterocycles. The Hall–Kier alpha value is -3.36. The molecular formula is C25H29N3O5. The van der Waals surface area contributed by atoms with E-state index in [1.54, 1.807) is 30.9 Å². The van der Waals surface area contributed by atoms with Gasteiger partial charge < -0.3 is 9.84 Å². The molecule has 174 valence electrons. The standard InChI is InChI=1S/C25H29N3O5/c1-15-8-10-27(21(12-15)17-4-6-18(7-5-17)24(29)26-32)14-20-19-9-11-28(25(30)31)23(19)16(2)13-22(20)33-3/h4-7,9,11,13,15,21,32H,8,10,12,14H2,1-3H3,(H,26,29)(H,30,31). The number of hydroxylamine groups is 1. The molecule has 8 nitrogen and oxygen atoms in total. The van der Waals surface area contributed by atoms with Crippen LogP contribution < -0.4 is 10.2 Å². The average Bonchev–Trinajstić information content (AvgIpc) is 3.27. The highest BCUT2D eigenvalue weighted by molar-refractivity contribution is 5.94. The van der Waals surface area contributed by atoms with E-state index in [1.165, 1.54) is 4.57 Å². The van der Waals surface area contributed by atoms with Crippen LogP contribution in [0.2, 0.25) is 0 Å². The van der Waals surface area contributed by atoms with Crippen LogP contribution in [0.15, 0.2) is 42.6 Å². The number of amides is 1. The van der Waals surface area contributed by atoms with Crippen LogP contribution in [0.4, 0.5) is 4.79 Å². The van der Waals surface area contributed by atoms with Crippen molar-refractivity contribution in [2.45, 2.75) is 39.3 Å². The normalized spacial score (nSPS) is 18.9. The minimum atomic E-state index is -1.01. The molecule has 1 aliphatic rings. The van der Waals surface area contributed by atoms with Gasteiger partial charge in [-0.25, -0.2) is 10.3 Å². The summed E-state index contributed by atoms with van der Waals surface area (Å²) in [5.74, 6) is 0.764. The number of hydrogen-bond acceptors (Lipinski definition) is 5. The number of aryl methyl sites for hydroxylation is 1. The SMILES string of the molecule is COc1cc(C)c2c(ccn2C(=O)O)c1CN1CCC(C)CC1c1ccc(C(=O)NO)cc1. The van der Waals surface area contributed by atoms with Crippen molar-refractivity contribution in [3.8, 4) is 5.75 Å². The summed E-state index contributed by atoms with van der Waals surface area (Å²) >= 11 is 0. The van der Waals surface area contributed by atoms with Gasteiger partial charge in [-0.1, -0.05) is 19.1 Å². The van der Waals surface area contributed by atoms with E-state index in [2.05, 4.69) is 11.8 Å². The first-order chi connectivity index (χ1) is 15.8. The van der Waals surface area contributed by atoms with E-state index in [0.717, 1.165) is 47.2 Å². The Morgan fingerprint density at radius 1 is 1.21 bits per heavy atom. The number of nitrogens with one attached hydrogen (secondary N) is 1. The van der Waals surface area contributed by atoms with Gasteiger partial charge in [0.15, 0.2) is 0 Å². The van der Waals surface area contributed by atoms with E-state index in [-0.39, 0.29) is 6.04 Å². The molecule has 0 saturated carbocycles. The van der Waals surface area contributed by atoms with E-state index >= 15 is 0 Å². The molecule has 1 aromatic heterocycles. The summed E-state index contributed by atoms with van der Waals surface area (Å²) in [4.78, 5) is 25.8. The average molecular weight is 452 g/mol. The van der Waals surface area contributed by atoms with Gasteiger partial charge in [0.1, 0.15) is 5.75 Å². The van der Waals surface area contributed by atoms with Gasteiger partial charge in [-0.05, 0) is 67.6 Å². The molecule has 1 amide bonds. The quantitative estimate of drug-likeness (QED) is 0.388. The summed E-state index contributed by atoms with van der Waals surface area (Å²) in [7, 11) is 1.64. The highest BCUT2D eigenvalue weighted by atomic mass is 16.5. The maximum absolute atomic E-state index is 11.7. The number of fused-ring (bicyclic) bond motifs is 1. The van der Waals surface area contributed by atoms with Crippen molar-refractivity contribution < 1.29 is 24.6 Å². The Bertz CT molecular complexity index is 1180. The second kappa shape index (κ2) is 9.25. The topological polar surface area (TPSA) is 104 Å². The lowest BCUT2D eigenvalue weighted by Crippen LogP contribution is -2.36. The predicted molar refractivity (Wildman–Crippen MR) is 124 cm³/mol. The van der Waals surface area contributed by atoms with Gasteiger partial charge in [0, 0.05) is 35.3 Å². The third kappa shape index (κ3) is 4.31. The molecule has 0 spiro atoms. The smallest absolute Gasteiger partial charge is 0.416 e. The fourth-order valence-electron chi connectivity index (χ4n) is 4.92. The summed E-state index contributed by atoms with van der Waals surface area (Å²) < 4.78 is 6.97. The molecule has 3 N–H and O–H groups in total. The molecule has 2 atom stereocenters. The number of rotatable bonds is 5. The molecular weight excluding hydrogens is 422 g/mol. The van der Waals surface area contributed by atoms with Crippen LogP contribution in [0.5, 0.6) is 5.75 Å². The molecule has 0 bridgehead atoms. The molecule has 1 saturated heterocycles. The van der Waals surface area contributed by atoms with Crippen molar-refractivity contribution in [3.63, 3.8) is 0 Å². The molecule has 33 heavy (non-hydrogen) atoms. The van der Waals surface area contributed by atoms with Crippen LogP contribution >= 0.6 is 0 Å². The molecule has 8 heteroatoms. The van der Waals surface area contributed by atoms with Crippen LogP contribution in [0.3, 0.4) is 0 Å². The minimum absolute atomic E-state index is 0.141. The number of nitrogens with zero attached hydrogens (tertiary/aromatic N) is 2. The van der Waals surface area contributed by atoms with Crippen molar-refractivity contribution in [2.24, 2.45) is 5.92 Å². The number of carboxylic acid groups (broad SMARTS) is 1. The Morgan fingerprint density at radius 3 is 2.58 bits per heavy atom. The van der Waals surface area contributed by atoms with Crippen LogP contribution in [-0.4, -0.2) is 45.4 Å². The lowest BCUT2D eigenvalue weighted by molar-refractivity contribution is 0.0706. The van der Waals surface area contributed by atoms with Gasteiger partial charge in [-0.2, -0.15) is 0 Å². The van der Waals surface area contributed by atoms with Crippen LogP contribution in [0.25, 0.3) is 10.9 Å². The number of aromatic nitrogens is 1. The van der Waals surface area contributed by atoms with Crippen LogP contribution in [-0.2, 0) is 6.54 Å².